The molecule has 0 spiro atoms. The zero-order chi connectivity index (χ0) is 13.4. The number of rotatable bonds is 7. The number of nitrogens with one attached hydrogen (secondary N) is 2. The first kappa shape index (κ1) is 14.8. The van der Waals surface area contributed by atoms with Crippen LogP contribution in [0.25, 0.3) is 0 Å². The van der Waals surface area contributed by atoms with Gasteiger partial charge in [0.25, 0.3) is 5.91 Å². The van der Waals surface area contributed by atoms with Crippen LogP contribution in [0.5, 0.6) is 0 Å². The third kappa shape index (κ3) is 4.96. The number of pyridine rings is 1. The Bertz CT molecular complexity index is 384. The molecule has 1 rings (SSSR count). The van der Waals surface area contributed by atoms with E-state index in [2.05, 4.69) is 28.8 Å². The highest BCUT2D eigenvalue weighted by atomic mass is 32.2. The number of amides is 1. The summed E-state index contributed by atoms with van der Waals surface area (Å²) < 4.78 is 0. The van der Waals surface area contributed by atoms with E-state index in [0.29, 0.717) is 18.2 Å². The summed E-state index contributed by atoms with van der Waals surface area (Å²) in [6, 6.07) is 3.67. The number of hydrogen-bond donors (Lipinski definition) is 2. The van der Waals surface area contributed by atoms with E-state index < -0.39 is 0 Å². The van der Waals surface area contributed by atoms with Crippen molar-refractivity contribution in [3.8, 4) is 0 Å². The van der Waals surface area contributed by atoms with E-state index in [1.807, 2.05) is 24.8 Å². The highest BCUT2D eigenvalue weighted by Crippen LogP contribution is 2.10. The van der Waals surface area contributed by atoms with Gasteiger partial charge in [0, 0.05) is 25.0 Å². The molecule has 0 saturated carbocycles. The van der Waals surface area contributed by atoms with Gasteiger partial charge in [-0.2, -0.15) is 11.8 Å². The number of carbonyl (C=O) groups is 1. The Morgan fingerprint density at radius 1 is 1.56 bits per heavy atom. The Hall–Kier alpha value is -1.23. The second kappa shape index (κ2) is 7.97. The fourth-order valence-corrected chi connectivity index (χ4v) is 2.24. The Morgan fingerprint density at radius 2 is 2.33 bits per heavy atom. The summed E-state index contributed by atoms with van der Waals surface area (Å²) in [6.07, 6.45) is 3.77. The first-order valence-corrected chi connectivity index (χ1v) is 7.53. The smallest absolute Gasteiger partial charge is 0.269 e. The molecular formula is C13H21N3OS. The normalized spacial score (nSPS) is 11.9. The molecule has 0 saturated heterocycles. The molecule has 100 valence electrons. The molecule has 0 aromatic carbocycles. The van der Waals surface area contributed by atoms with Gasteiger partial charge >= 0.3 is 0 Å². The van der Waals surface area contributed by atoms with E-state index in [1.54, 1.807) is 12.3 Å². The average Bonchev–Trinajstić information content (AvgIpc) is 2.37. The molecule has 0 aliphatic carbocycles. The van der Waals surface area contributed by atoms with Crippen molar-refractivity contribution in [3.05, 3.63) is 24.0 Å². The minimum absolute atomic E-state index is 0.127. The zero-order valence-electron chi connectivity index (χ0n) is 11.2. The van der Waals surface area contributed by atoms with Crippen LogP contribution >= 0.6 is 11.8 Å². The zero-order valence-corrected chi connectivity index (χ0v) is 12.0. The molecule has 1 aromatic rings. The standard InChI is InChI=1S/C13H21N3OS/c1-4-14-13(17)12-7-11(5-6-15-12)16-8-10(2)9-18-3/h5-7,10H,4,8-9H2,1-3H3,(H,14,17)(H,15,16). The summed E-state index contributed by atoms with van der Waals surface area (Å²) in [7, 11) is 0. The second-order valence-corrected chi connectivity index (χ2v) is 5.14. The molecule has 4 nitrogen and oxygen atoms in total. The maximum Gasteiger partial charge on any atom is 0.269 e. The quantitative estimate of drug-likeness (QED) is 0.795. The lowest BCUT2D eigenvalue weighted by atomic mass is 10.2. The lowest BCUT2D eigenvalue weighted by Crippen LogP contribution is -2.23. The summed E-state index contributed by atoms with van der Waals surface area (Å²) in [5.41, 5.74) is 1.40. The third-order valence-corrected chi connectivity index (χ3v) is 3.34. The van der Waals surface area contributed by atoms with Gasteiger partial charge in [-0.1, -0.05) is 6.92 Å². The number of thioether (sulfide) groups is 1. The molecule has 0 fully saturated rings. The predicted molar refractivity (Wildman–Crippen MR) is 78.3 cm³/mol. The van der Waals surface area contributed by atoms with Crippen LogP contribution in [0.1, 0.15) is 24.3 Å². The summed E-state index contributed by atoms with van der Waals surface area (Å²) in [4.78, 5) is 15.7. The molecule has 2 N–H and O–H groups in total. The third-order valence-electron chi connectivity index (χ3n) is 2.44. The molecular weight excluding hydrogens is 246 g/mol. The summed E-state index contributed by atoms with van der Waals surface area (Å²) in [5.74, 6) is 1.60. The SMILES string of the molecule is CCNC(=O)c1cc(NCC(C)CSC)ccn1. The van der Waals surface area contributed by atoms with Gasteiger partial charge in [0.15, 0.2) is 0 Å². The van der Waals surface area contributed by atoms with Gasteiger partial charge in [0.1, 0.15) is 5.69 Å². The van der Waals surface area contributed by atoms with Crippen LogP contribution in [0.15, 0.2) is 18.3 Å². The Morgan fingerprint density at radius 3 is 3.00 bits per heavy atom. The lowest BCUT2D eigenvalue weighted by Gasteiger charge is -2.12. The second-order valence-electron chi connectivity index (χ2n) is 4.23. The molecule has 1 unspecified atom stereocenters. The van der Waals surface area contributed by atoms with Gasteiger partial charge in [0.2, 0.25) is 0 Å². The predicted octanol–water partition coefficient (Wildman–Crippen LogP) is 2.24. The summed E-state index contributed by atoms with van der Waals surface area (Å²) >= 11 is 1.84. The van der Waals surface area contributed by atoms with Crippen molar-refractivity contribution in [2.75, 3.05) is 30.4 Å². The minimum atomic E-state index is -0.127. The molecule has 0 bridgehead atoms. The van der Waals surface area contributed by atoms with E-state index >= 15 is 0 Å². The van der Waals surface area contributed by atoms with Gasteiger partial charge in [-0.3, -0.25) is 9.78 Å². The van der Waals surface area contributed by atoms with E-state index in [9.17, 15) is 4.79 Å². The van der Waals surface area contributed by atoms with Crippen molar-refractivity contribution in [1.82, 2.24) is 10.3 Å². The fraction of sp³-hybridized carbons (Fsp3) is 0.538. The number of carbonyl (C=O) groups excluding carboxylic acids is 1. The molecule has 18 heavy (non-hydrogen) atoms. The molecule has 1 amide bonds. The van der Waals surface area contributed by atoms with Gasteiger partial charge in [0.05, 0.1) is 0 Å². The topological polar surface area (TPSA) is 54.0 Å². The minimum Gasteiger partial charge on any atom is -0.385 e. The first-order valence-electron chi connectivity index (χ1n) is 6.14. The number of aromatic nitrogens is 1. The maximum atomic E-state index is 11.6. The van der Waals surface area contributed by atoms with E-state index in [-0.39, 0.29) is 5.91 Å². The van der Waals surface area contributed by atoms with Crippen molar-refractivity contribution in [2.24, 2.45) is 5.92 Å². The first-order chi connectivity index (χ1) is 8.67. The summed E-state index contributed by atoms with van der Waals surface area (Å²) in [6.45, 7) is 5.61. The van der Waals surface area contributed by atoms with Crippen molar-refractivity contribution < 1.29 is 4.79 Å². The van der Waals surface area contributed by atoms with Crippen molar-refractivity contribution in [1.29, 1.82) is 0 Å². The molecule has 1 heterocycles. The average molecular weight is 267 g/mol. The van der Waals surface area contributed by atoms with Crippen LogP contribution in [0, 0.1) is 5.92 Å². The Balaban J connectivity index is 2.56. The van der Waals surface area contributed by atoms with Crippen LogP contribution in [0.2, 0.25) is 0 Å². The maximum absolute atomic E-state index is 11.6. The molecule has 5 heteroatoms. The van der Waals surface area contributed by atoms with Crippen LogP contribution < -0.4 is 10.6 Å². The largest absolute Gasteiger partial charge is 0.385 e. The number of anilines is 1. The van der Waals surface area contributed by atoms with E-state index in [0.717, 1.165) is 18.0 Å². The van der Waals surface area contributed by atoms with Crippen molar-refractivity contribution in [2.45, 2.75) is 13.8 Å². The molecule has 1 atom stereocenters. The number of hydrogen-bond acceptors (Lipinski definition) is 4. The van der Waals surface area contributed by atoms with Crippen LogP contribution in [0.3, 0.4) is 0 Å². The monoisotopic (exact) mass is 267 g/mol. The van der Waals surface area contributed by atoms with Crippen molar-refractivity contribution in [3.63, 3.8) is 0 Å². The fourth-order valence-electron chi connectivity index (χ4n) is 1.55. The Labute approximate surface area is 113 Å². The van der Waals surface area contributed by atoms with Crippen molar-refractivity contribution >= 4 is 23.4 Å². The molecule has 1 aromatic heterocycles. The van der Waals surface area contributed by atoms with Crippen LogP contribution in [-0.2, 0) is 0 Å². The van der Waals surface area contributed by atoms with Gasteiger partial charge in [-0.05, 0) is 37.0 Å². The van der Waals surface area contributed by atoms with Gasteiger partial charge in [-0.15, -0.1) is 0 Å². The Kier molecular flexibility index (Phi) is 6.57. The molecule has 0 aliphatic rings. The highest BCUT2D eigenvalue weighted by Gasteiger charge is 2.07. The van der Waals surface area contributed by atoms with Crippen LogP contribution in [-0.4, -0.2) is 36.0 Å². The number of nitrogens with zero attached hydrogens (tertiary/aromatic N) is 1. The molecule has 0 radical (unpaired) electrons. The van der Waals surface area contributed by atoms with E-state index in [1.165, 1.54) is 0 Å². The lowest BCUT2D eigenvalue weighted by molar-refractivity contribution is 0.0951. The van der Waals surface area contributed by atoms with E-state index in [4.69, 9.17) is 0 Å². The summed E-state index contributed by atoms with van der Waals surface area (Å²) in [5, 5.41) is 6.07. The molecule has 0 aliphatic heterocycles. The highest BCUT2D eigenvalue weighted by molar-refractivity contribution is 7.98. The van der Waals surface area contributed by atoms with Crippen LogP contribution in [0.4, 0.5) is 5.69 Å². The van der Waals surface area contributed by atoms with Gasteiger partial charge < -0.3 is 10.6 Å². The van der Waals surface area contributed by atoms with Gasteiger partial charge in [-0.25, -0.2) is 0 Å².